The van der Waals surface area contributed by atoms with Crippen molar-refractivity contribution in [3.8, 4) is 23.0 Å². The summed E-state index contributed by atoms with van der Waals surface area (Å²) in [4.78, 5) is 27.0. The molecule has 0 amide bonds. The van der Waals surface area contributed by atoms with Crippen LogP contribution in [-0.2, 0) is 47.4 Å². The fourth-order valence-corrected chi connectivity index (χ4v) is 6.95. The number of ether oxygens (including phenoxy) is 6. The number of benzene rings is 6. The molecular weight excluding hydrogens is 737 g/mol. The zero-order valence-electron chi connectivity index (χ0n) is 32.2. The fourth-order valence-electron chi connectivity index (χ4n) is 5.97. The third-order valence-corrected chi connectivity index (χ3v) is 9.76. The van der Waals surface area contributed by atoms with E-state index in [9.17, 15) is 9.59 Å². The number of esters is 2. The van der Waals surface area contributed by atoms with E-state index in [1.807, 2.05) is 133 Å². The lowest BCUT2D eigenvalue weighted by Gasteiger charge is -2.19. The second kappa shape index (κ2) is 21.2. The molecule has 0 N–H and O–H groups in total. The Labute approximate surface area is 338 Å². The molecule has 8 nitrogen and oxygen atoms in total. The minimum absolute atomic E-state index is 0.202. The fraction of sp³-hybridized carbons (Fsp3) is 0.208. The molecule has 6 aromatic carbocycles. The highest BCUT2D eigenvalue weighted by Crippen LogP contribution is 2.38. The Morgan fingerprint density at radius 2 is 0.754 bits per heavy atom. The molecular formula is C48H46O8S. The van der Waals surface area contributed by atoms with Gasteiger partial charge in [-0.05, 0) is 60.4 Å². The minimum Gasteiger partial charge on any atom is -0.489 e. The molecule has 0 aliphatic heterocycles. The van der Waals surface area contributed by atoms with Crippen LogP contribution in [0.25, 0.3) is 0 Å². The lowest BCUT2D eigenvalue weighted by atomic mass is 10.1. The van der Waals surface area contributed by atoms with Crippen LogP contribution in [0.3, 0.4) is 0 Å². The number of carbonyl (C=O) groups excluding carboxylic acids is 2. The predicted octanol–water partition coefficient (Wildman–Crippen LogP) is 10.8. The van der Waals surface area contributed by atoms with Gasteiger partial charge in [0.1, 0.15) is 60.6 Å². The van der Waals surface area contributed by atoms with E-state index in [1.165, 1.54) is 0 Å². The molecule has 9 heteroatoms. The van der Waals surface area contributed by atoms with Crippen molar-refractivity contribution < 1.29 is 38.0 Å². The third kappa shape index (κ3) is 11.9. The van der Waals surface area contributed by atoms with Crippen molar-refractivity contribution in [3.05, 3.63) is 190 Å². The lowest BCUT2D eigenvalue weighted by molar-refractivity contribution is 0.0510. The first-order chi connectivity index (χ1) is 28.0. The van der Waals surface area contributed by atoms with Crippen molar-refractivity contribution in [2.24, 2.45) is 0 Å². The number of hydrogen-bond donors (Lipinski definition) is 0. The molecule has 0 bridgehead atoms. The van der Waals surface area contributed by atoms with E-state index >= 15 is 0 Å². The summed E-state index contributed by atoms with van der Waals surface area (Å²) in [5.74, 6) is 1.69. The Kier molecular flexibility index (Phi) is 15.1. The van der Waals surface area contributed by atoms with Crippen LogP contribution in [-0.4, -0.2) is 25.2 Å². The van der Waals surface area contributed by atoms with Crippen LogP contribution in [0.2, 0.25) is 0 Å². The standard InChI is InChI=1S/C48H46O8S/c1-3-51-47(49)43-27-41(53-29-35-17-9-5-10-18-35)25-39(45(43)55-31-37-21-13-7-14-22-37)33-57-34-40-26-42(54-30-36-19-11-6-12-20-36)28-44(48(50)52-4-2)46(40)56-32-38-23-15-8-16-24-38/h5-28H,3-4,29-34H2,1-2H3. The summed E-state index contributed by atoms with van der Waals surface area (Å²) < 4.78 is 36.4. The normalized spacial score (nSPS) is 10.7. The highest BCUT2D eigenvalue weighted by atomic mass is 32.2. The quantitative estimate of drug-likeness (QED) is 0.0702. The van der Waals surface area contributed by atoms with Gasteiger partial charge in [-0.15, -0.1) is 0 Å². The molecule has 0 saturated heterocycles. The van der Waals surface area contributed by atoms with Gasteiger partial charge >= 0.3 is 11.9 Å². The zero-order valence-corrected chi connectivity index (χ0v) is 33.0. The van der Waals surface area contributed by atoms with E-state index < -0.39 is 11.9 Å². The monoisotopic (exact) mass is 782 g/mol. The Morgan fingerprint density at radius 1 is 0.439 bits per heavy atom. The molecule has 57 heavy (non-hydrogen) atoms. The van der Waals surface area contributed by atoms with Gasteiger partial charge in [0.25, 0.3) is 0 Å². The molecule has 0 heterocycles. The van der Waals surface area contributed by atoms with Crippen molar-refractivity contribution >= 4 is 23.7 Å². The molecule has 0 spiro atoms. The van der Waals surface area contributed by atoms with Crippen LogP contribution in [0.4, 0.5) is 0 Å². The van der Waals surface area contributed by atoms with E-state index in [0.717, 1.165) is 33.4 Å². The maximum absolute atomic E-state index is 13.5. The summed E-state index contributed by atoms with van der Waals surface area (Å²) in [6.07, 6.45) is 0. The molecule has 0 aliphatic rings. The highest BCUT2D eigenvalue weighted by Gasteiger charge is 2.23. The third-order valence-electron chi connectivity index (χ3n) is 8.73. The average molecular weight is 783 g/mol. The van der Waals surface area contributed by atoms with Crippen LogP contribution in [0.1, 0.15) is 67.9 Å². The van der Waals surface area contributed by atoms with Crippen molar-refractivity contribution in [1.82, 2.24) is 0 Å². The maximum Gasteiger partial charge on any atom is 0.342 e. The van der Waals surface area contributed by atoms with Gasteiger partial charge in [0.2, 0.25) is 0 Å². The molecule has 0 radical (unpaired) electrons. The Morgan fingerprint density at radius 3 is 1.07 bits per heavy atom. The number of rotatable bonds is 20. The Bertz CT molecular complexity index is 2020. The average Bonchev–Trinajstić information content (AvgIpc) is 3.25. The van der Waals surface area contributed by atoms with Gasteiger partial charge in [0, 0.05) is 22.6 Å². The number of thioether (sulfide) groups is 1. The second-order valence-electron chi connectivity index (χ2n) is 12.9. The van der Waals surface area contributed by atoms with E-state index in [4.69, 9.17) is 28.4 Å². The van der Waals surface area contributed by atoms with Gasteiger partial charge in [0.05, 0.1) is 13.2 Å². The van der Waals surface area contributed by atoms with Gasteiger partial charge in [-0.25, -0.2) is 9.59 Å². The molecule has 6 rings (SSSR count). The first-order valence-electron chi connectivity index (χ1n) is 18.9. The molecule has 0 aromatic heterocycles. The van der Waals surface area contributed by atoms with Crippen molar-refractivity contribution in [3.63, 3.8) is 0 Å². The summed E-state index contributed by atoms with van der Waals surface area (Å²) in [6, 6.07) is 46.4. The van der Waals surface area contributed by atoms with Gasteiger partial charge in [0.15, 0.2) is 0 Å². The second-order valence-corrected chi connectivity index (χ2v) is 13.9. The highest BCUT2D eigenvalue weighted by molar-refractivity contribution is 7.97. The number of carbonyl (C=O) groups is 2. The molecule has 0 aliphatic carbocycles. The van der Waals surface area contributed by atoms with Gasteiger partial charge in [-0.2, -0.15) is 11.8 Å². The van der Waals surface area contributed by atoms with Crippen molar-refractivity contribution in [2.45, 2.75) is 51.8 Å². The summed E-state index contributed by atoms with van der Waals surface area (Å²) in [5, 5.41) is 0. The summed E-state index contributed by atoms with van der Waals surface area (Å²) in [7, 11) is 0. The van der Waals surface area contributed by atoms with Gasteiger partial charge < -0.3 is 28.4 Å². The van der Waals surface area contributed by atoms with Gasteiger partial charge in [-0.1, -0.05) is 121 Å². The molecule has 6 aromatic rings. The first kappa shape index (κ1) is 40.5. The van der Waals surface area contributed by atoms with E-state index in [2.05, 4.69) is 0 Å². The van der Waals surface area contributed by atoms with E-state index in [-0.39, 0.29) is 37.6 Å². The smallest absolute Gasteiger partial charge is 0.342 e. The molecule has 292 valence electrons. The SMILES string of the molecule is CCOC(=O)c1cc(OCc2ccccc2)cc(CSCc2cc(OCc3ccccc3)cc(C(=O)OCC)c2OCc2ccccc2)c1OCc1ccccc1. The van der Waals surface area contributed by atoms with Crippen LogP contribution in [0.5, 0.6) is 23.0 Å². The Balaban J connectivity index is 1.34. The summed E-state index contributed by atoms with van der Waals surface area (Å²) in [6.45, 7) is 5.07. The molecule has 0 unspecified atom stereocenters. The van der Waals surface area contributed by atoms with E-state index in [0.29, 0.717) is 47.7 Å². The van der Waals surface area contributed by atoms with Gasteiger partial charge in [-0.3, -0.25) is 0 Å². The largest absolute Gasteiger partial charge is 0.489 e. The first-order valence-corrected chi connectivity index (χ1v) is 20.1. The Hall–Kier alpha value is -6.19. The predicted molar refractivity (Wildman–Crippen MR) is 223 cm³/mol. The molecule has 0 atom stereocenters. The topological polar surface area (TPSA) is 89.5 Å². The maximum atomic E-state index is 13.5. The van der Waals surface area contributed by atoms with E-state index in [1.54, 1.807) is 37.7 Å². The van der Waals surface area contributed by atoms with Crippen LogP contribution < -0.4 is 18.9 Å². The zero-order chi connectivity index (χ0) is 39.7. The van der Waals surface area contributed by atoms with Crippen LogP contribution in [0, 0.1) is 0 Å². The number of hydrogen-bond acceptors (Lipinski definition) is 9. The molecule has 0 fully saturated rings. The van der Waals surface area contributed by atoms with Crippen molar-refractivity contribution in [1.29, 1.82) is 0 Å². The minimum atomic E-state index is -0.504. The van der Waals surface area contributed by atoms with Crippen LogP contribution >= 0.6 is 11.8 Å². The lowest BCUT2D eigenvalue weighted by Crippen LogP contribution is -2.11. The van der Waals surface area contributed by atoms with Crippen molar-refractivity contribution in [2.75, 3.05) is 13.2 Å². The summed E-state index contributed by atoms with van der Waals surface area (Å²) in [5.41, 5.74) is 5.94. The summed E-state index contributed by atoms with van der Waals surface area (Å²) >= 11 is 1.57. The van der Waals surface area contributed by atoms with Crippen LogP contribution in [0.15, 0.2) is 146 Å². The molecule has 0 saturated carbocycles.